The summed E-state index contributed by atoms with van der Waals surface area (Å²) in [5.74, 6) is 6.97. The fraction of sp³-hybridized carbons (Fsp3) is 0.529. The second kappa shape index (κ2) is 5.59. The molecule has 0 bridgehead atoms. The van der Waals surface area contributed by atoms with Gasteiger partial charge in [-0.25, -0.2) is 0 Å². The van der Waals surface area contributed by atoms with E-state index < -0.39 is 5.54 Å². The van der Waals surface area contributed by atoms with Gasteiger partial charge in [0.15, 0.2) is 0 Å². The first-order valence-electron chi connectivity index (χ1n) is 6.97. The van der Waals surface area contributed by atoms with E-state index in [0.717, 1.165) is 11.5 Å². The van der Waals surface area contributed by atoms with Gasteiger partial charge in [-0.2, -0.15) is 0 Å². The van der Waals surface area contributed by atoms with Crippen molar-refractivity contribution < 1.29 is 0 Å². The molecule has 0 unspecified atom stereocenters. The van der Waals surface area contributed by atoms with E-state index in [1.165, 1.54) is 37.7 Å². The van der Waals surface area contributed by atoms with Gasteiger partial charge in [-0.1, -0.05) is 43.2 Å². The van der Waals surface area contributed by atoms with Crippen molar-refractivity contribution in [3.63, 3.8) is 0 Å². The summed E-state index contributed by atoms with van der Waals surface area (Å²) in [5.41, 5.74) is 7.98. The van der Waals surface area contributed by atoms with Gasteiger partial charge in [-0.05, 0) is 50.3 Å². The lowest BCUT2D eigenvalue weighted by Gasteiger charge is -2.21. The summed E-state index contributed by atoms with van der Waals surface area (Å²) in [6, 6.07) is 8.73. The van der Waals surface area contributed by atoms with Crippen molar-refractivity contribution in [1.82, 2.24) is 0 Å². The van der Waals surface area contributed by atoms with Gasteiger partial charge < -0.3 is 5.73 Å². The molecule has 1 nitrogen and oxygen atoms in total. The number of hydrogen-bond donors (Lipinski definition) is 1. The highest BCUT2D eigenvalue weighted by Crippen LogP contribution is 2.32. The van der Waals surface area contributed by atoms with Gasteiger partial charge in [-0.3, -0.25) is 0 Å². The third-order valence-electron chi connectivity index (χ3n) is 3.52. The molecule has 0 radical (unpaired) electrons. The summed E-state index contributed by atoms with van der Waals surface area (Å²) >= 11 is 0. The normalized spacial score (nSPS) is 17.1. The molecule has 0 atom stereocenters. The molecule has 1 heteroatoms. The van der Waals surface area contributed by atoms with Crippen molar-refractivity contribution in [3.8, 4) is 11.8 Å². The molecular formula is C17H23N. The lowest BCUT2D eigenvalue weighted by Crippen LogP contribution is -2.29. The molecule has 0 saturated heterocycles. The maximum absolute atomic E-state index is 5.86. The molecule has 0 aromatic heterocycles. The lowest BCUT2D eigenvalue weighted by atomic mass is 9.84. The van der Waals surface area contributed by atoms with Crippen LogP contribution in [0.15, 0.2) is 24.3 Å². The zero-order valence-electron chi connectivity index (χ0n) is 11.5. The maximum Gasteiger partial charge on any atom is 0.0722 e. The Hall–Kier alpha value is -1.26. The topological polar surface area (TPSA) is 26.0 Å². The van der Waals surface area contributed by atoms with E-state index >= 15 is 0 Å². The predicted molar refractivity (Wildman–Crippen MR) is 77.4 cm³/mol. The summed E-state index contributed by atoms with van der Waals surface area (Å²) in [6.45, 7) is 3.85. The molecule has 0 amide bonds. The zero-order chi connectivity index (χ0) is 13.0. The Labute approximate surface area is 111 Å². The van der Waals surface area contributed by atoms with E-state index in [1.54, 1.807) is 0 Å². The Morgan fingerprint density at radius 2 is 1.67 bits per heavy atom. The van der Waals surface area contributed by atoms with Gasteiger partial charge in [0, 0.05) is 5.56 Å². The molecule has 0 heterocycles. The fourth-order valence-corrected chi connectivity index (χ4v) is 2.51. The zero-order valence-corrected chi connectivity index (χ0v) is 11.5. The van der Waals surface area contributed by atoms with Gasteiger partial charge in [0.25, 0.3) is 0 Å². The molecule has 1 aliphatic rings. The first-order chi connectivity index (χ1) is 8.54. The molecule has 96 valence electrons. The molecule has 1 aliphatic carbocycles. The molecule has 18 heavy (non-hydrogen) atoms. The molecule has 0 aliphatic heterocycles. The average Bonchev–Trinajstić information content (AvgIpc) is 2.37. The van der Waals surface area contributed by atoms with Crippen LogP contribution < -0.4 is 5.73 Å². The van der Waals surface area contributed by atoms with E-state index in [-0.39, 0.29) is 0 Å². The van der Waals surface area contributed by atoms with Crippen LogP contribution in [0.1, 0.15) is 63.0 Å². The highest BCUT2D eigenvalue weighted by Gasteiger charge is 2.14. The largest absolute Gasteiger partial charge is 0.316 e. The standard InChI is InChI=1S/C17H23N/c1-17(2,18)13-12-14-8-10-16(11-9-14)15-6-4-3-5-7-15/h8-11,15H,3-7,18H2,1-2H3. The fourth-order valence-electron chi connectivity index (χ4n) is 2.51. The molecule has 1 aromatic carbocycles. The SMILES string of the molecule is CC(C)(N)C#Cc1ccc(C2CCCCC2)cc1. The quantitative estimate of drug-likeness (QED) is 0.743. The maximum atomic E-state index is 5.86. The van der Waals surface area contributed by atoms with Gasteiger partial charge in [0.2, 0.25) is 0 Å². The number of nitrogens with two attached hydrogens (primary N) is 1. The first kappa shape index (κ1) is 13.2. The Morgan fingerprint density at radius 1 is 1.06 bits per heavy atom. The van der Waals surface area contributed by atoms with Gasteiger partial charge in [0.05, 0.1) is 5.54 Å². The summed E-state index contributed by atoms with van der Waals surface area (Å²) in [4.78, 5) is 0. The highest BCUT2D eigenvalue weighted by molar-refractivity contribution is 5.38. The second-order valence-electron chi connectivity index (χ2n) is 5.93. The Bertz CT molecular complexity index is 433. The van der Waals surface area contributed by atoms with Crippen LogP contribution in [-0.4, -0.2) is 5.54 Å². The van der Waals surface area contributed by atoms with Gasteiger partial charge in [0.1, 0.15) is 0 Å². The van der Waals surface area contributed by atoms with E-state index in [0.29, 0.717) is 0 Å². The van der Waals surface area contributed by atoms with Crippen molar-refractivity contribution in [1.29, 1.82) is 0 Å². The van der Waals surface area contributed by atoms with Crippen LogP contribution in [0.4, 0.5) is 0 Å². The van der Waals surface area contributed by atoms with Gasteiger partial charge >= 0.3 is 0 Å². The Kier molecular flexibility index (Phi) is 4.09. The third kappa shape index (κ3) is 3.89. The van der Waals surface area contributed by atoms with Crippen LogP contribution in [0.25, 0.3) is 0 Å². The van der Waals surface area contributed by atoms with Gasteiger partial charge in [-0.15, -0.1) is 0 Å². The van der Waals surface area contributed by atoms with Crippen molar-refractivity contribution in [2.45, 2.75) is 57.4 Å². The van der Waals surface area contributed by atoms with E-state index in [9.17, 15) is 0 Å². The van der Waals surface area contributed by atoms with Crippen LogP contribution in [0, 0.1) is 11.8 Å². The van der Waals surface area contributed by atoms with E-state index in [4.69, 9.17) is 5.73 Å². The number of hydrogen-bond acceptors (Lipinski definition) is 1. The minimum absolute atomic E-state index is 0.415. The Balaban J connectivity index is 2.07. The summed E-state index contributed by atoms with van der Waals surface area (Å²) in [5, 5.41) is 0. The minimum Gasteiger partial charge on any atom is -0.316 e. The number of rotatable bonds is 1. The van der Waals surface area contributed by atoms with Crippen LogP contribution in [0.3, 0.4) is 0 Å². The predicted octanol–water partition coefficient (Wildman–Crippen LogP) is 3.82. The summed E-state index contributed by atoms with van der Waals surface area (Å²) in [7, 11) is 0. The molecule has 2 N–H and O–H groups in total. The second-order valence-corrected chi connectivity index (χ2v) is 5.93. The summed E-state index contributed by atoms with van der Waals surface area (Å²) < 4.78 is 0. The molecule has 0 spiro atoms. The Morgan fingerprint density at radius 3 is 2.22 bits per heavy atom. The monoisotopic (exact) mass is 241 g/mol. The van der Waals surface area contributed by atoms with E-state index in [1.807, 2.05) is 13.8 Å². The molecule has 1 aromatic rings. The minimum atomic E-state index is -0.415. The van der Waals surface area contributed by atoms with Crippen molar-refractivity contribution >= 4 is 0 Å². The van der Waals surface area contributed by atoms with Crippen molar-refractivity contribution in [2.24, 2.45) is 5.73 Å². The van der Waals surface area contributed by atoms with Crippen LogP contribution in [0.2, 0.25) is 0 Å². The molecule has 1 saturated carbocycles. The lowest BCUT2D eigenvalue weighted by molar-refractivity contribution is 0.443. The highest BCUT2D eigenvalue weighted by atomic mass is 14.7. The van der Waals surface area contributed by atoms with Crippen molar-refractivity contribution in [3.05, 3.63) is 35.4 Å². The molecule has 1 fully saturated rings. The molecular weight excluding hydrogens is 218 g/mol. The van der Waals surface area contributed by atoms with Crippen LogP contribution in [0.5, 0.6) is 0 Å². The first-order valence-corrected chi connectivity index (χ1v) is 6.97. The van der Waals surface area contributed by atoms with E-state index in [2.05, 4.69) is 36.1 Å². The molecule has 2 rings (SSSR count). The smallest absolute Gasteiger partial charge is 0.0722 e. The average molecular weight is 241 g/mol. The number of benzene rings is 1. The summed E-state index contributed by atoms with van der Waals surface area (Å²) in [6.07, 6.45) is 6.87. The third-order valence-corrected chi connectivity index (χ3v) is 3.52. The van der Waals surface area contributed by atoms with Crippen LogP contribution >= 0.6 is 0 Å². The van der Waals surface area contributed by atoms with Crippen molar-refractivity contribution in [2.75, 3.05) is 0 Å². The van der Waals surface area contributed by atoms with Crippen LogP contribution in [-0.2, 0) is 0 Å².